The first-order chi connectivity index (χ1) is 19.1. The molecule has 1 aromatic heterocycles. The molecule has 0 saturated carbocycles. The van der Waals surface area contributed by atoms with Crippen molar-refractivity contribution in [2.75, 3.05) is 7.05 Å². The zero-order chi connectivity index (χ0) is 30.4. The van der Waals surface area contributed by atoms with Gasteiger partial charge in [0.25, 0.3) is 0 Å². The van der Waals surface area contributed by atoms with Crippen LogP contribution < -0.4 is 10.1 Å². The number of furan rings is 1. The van der Waals surface area contributed by atoms with Crippen LogP contribution in [0.25, 0.3) is 22.3 Å². The van der Waals surface area contributed by atoms with Crippen LogP contribution in [0.1, 0.15) is 106 Å². The van der Waals surface area contributed by atoms with Crippen LogP contribution in [0, 0.1) is 5.41 Å². The maximum absolute atomic E-state index is 13.0. The van der Waals surface area contributed by atoms with Gasteiger partial charge in [-0.3, -0.25) is 4.79 Å². The molecule has 0 spiro atoms. The fraction of sp³-hybridized carbons (Fsp3) is 0.583. The number of benzene rings is 2. The van der Waals surface area contributed by atoms with Gasteiger partial charge in [0.1, 0.15) is 34.3 Å². The number of likely N-dealkylation sites (N-methyl/N-ethyl adjacent to an activating group) is 1. The molecule has 5 heteroatoms. The Labute approximate surface area is 248 Å². The predicted molar refractivity (Wildman–Crippen MR) is 171 cm³/mol. The van der Waals surface area contributed by atoms with Gasteiger partial charge in [0, 0.05) is 23.4 Å². The molecule has 1 unspecified atom stereocenters. The molecule has 226 valence electrons. The summed E-state index contributed by atoms with van der Waals surface area (Å²) in [4.78, 5) is 13.0. The summed E-state index contributed by atoms with van der Waals surface area (Å²) >= 11 is 0. The Bertz CT molecular complexity index is 1290. The number of unbranched alkanes of at least 4 members (excludes halogenated alkanes) is 2. The molecule has 3 rings (SSSR count). The van der Waals surface area contributed by atoms with Gasteiger partial charge in [-0.2, -0.15) is 0 Å². The second-order valence-corrected chi connectivity index (χ2v) is 13.9. The van der Waals surface area contributed by atoms with Gasteiger partial charge in [-0.15, -0.1) is 0 Å². The van der Waals surface area contributed by atoms with Gasteiger partial charge in [0.05, 0.1) is 0 Å². The molecular weight excluding hydrogens is 510 g/mol. The average Bonchev–Trinajstić information content (AvgIpc) is 3.28. The molecule has 3 aromatic rings. The van der Waals surface area contributed by atoms with E-state index in [9.17, 15) is 4.79 Å². The van der Waals surface area contributed by atoms with Crippen LogP contribution >= 0.6 is 0 Å². The number of aryl methyl sites for hydroxylation is 2. The van der Waals surface area contributed by atoms with Gasteiger partial charge < -0.3 is 19.2 Å². The number of carbonyl (C=O) groups excluding carboxylic acids is 1. The van der Waals surface area contributed by atoms with E-state index >= 15 is 0 Å². The molecule has 1 N–H and O–H groups in total. The van der Waals surface area contributed by atoms with E-state index in [1.165, 1.54) is 30.4 Å². The Morgan fingerprint density at radius 1 is 0.927 bits per heavy atom. The van der Waals surface area contributed by atoms with Crippen LogP contribution in [0.15, 0.2) is 46.9 Å². The van der Waals surface area contributed by atoms with Crippen molar-refractivity contribution < 1.29 is 18.7 Å². The summed E-state index contributed by atoms with van der Waals surface area (Å²) in [5.74, 6) is 1.39. The Morgan fingerprint density at radius 3 is 2.29 bits per heavy atom. The molecule has 0 fully saturated rings. The molecule has 5 nitrogen and oxygen atoms in total. The molecule has 0 aliphatic rings. The van der Waals surface area contributed by atoms with Gasteiger partial charge >= 0.3 is 5.97 Å². The largest absolute Gasteiger partial charge is 0.488 e. The lowest BCUT2D eigenvalue weighted by Gasteiger charge is -2.36. The Morgan fingerprint density at radius 2 is 1.66 bits per heavy atom. The molecule has 1 heterocycles. The van der Waals surface area contributed by atoms with Gasteiger partial charge in [-0.05, 0) is 95.2 Å². The fourth-order valence-corrected chi connectivity index (χ4v) is 5.80. The lowest BCUT2D eigenvalue weighted by Crippen LogP contribution is -2.45. The van der Waals surface area contributed by atoms with E-state index in [0.29, 0.717) is 12.8 Å². The standard InChI is InChI=1S/C36H53NO4/c1-11-13-14-15-25-16-19-29(26(12-2)20-25)32-21-27-17-18-28(22-31(27)39-32)40-35(6,7)24-36(8,9)41-33(38)30(37-10)23-34(3,4)5/h16-22,30,37H,11-15,23-24H2,1-10H3. The number of hydrogen-bond acceptors (Lipinski definition) is 5. The highest BCUT2D eigenvalue weighted by Gasteiger charge is 2.36. The van der Waals surface area contributed by atoms with Crippen LogP contribution in [0.3, 0.4) is 0 Å². The maximum atomic E-state index is 13.0. The van der Waals surface area contributed by atoms with Crippen molar-refractivity contribution in [2.24, 2.45) is 5.41 Å². The fourth-order valence-electron chi connectivity index (χ4n) is 5.80. The van der Waals surface area contributed by atoms with Crippen LogP contribution in [-0.2, 0) is 22.4 Å². The van der Waals surface area contributed by atoms with Gasteiger partial charge in [-0.25, -0.2) is 0 Å². The summed E-state index contributed by atoms with van der Waals surface area (Å²) in [6, 6.07) is 14.6. The molecule has 0 bridgehead atoms. The smallest absolute Gasteiger partial charge is 0.323 e. The number of ether oxygens (including phenoxy) is 2. The minimum atomic E-state index is -0.700. The predicted octanol–water partition coefficient (Wildman–Crippen LogP) is 9.29. The number of hydrogen-bond donors (Lipinski definition) is 1. The molecule has 0 radical (unpaired) electrons. The summed E-state index contributed by atoms with van der Waals surface area (Å²) in [6.07, 6.45) is 7.06. The van der Waals surface area contributed by atoms with Crippen molar-refractivity contribution in [3.05, 3.63) is 53.6 Å². The second kappa shape index (κ2) is 13.5. The molecule has 2 aromatic carbocycles. The van der Waals surface area contributed by atoms with Crippen LogP contribution in [-0.4, -0.2) is 30.3 Å². The van der Waals surface area contributed by atoms with Crippen molar-refractivity contribution in [3.8, 4) is 17.1 Å². The zero-order valence-electron chi connectivity index (χ0n) is 27.2. The average molecular weight is 564 g/mol. The lowest BCUT2D eigenvalue weighted by molar-refractivity contribution is -0.163. The summed E-state index contributed by atoms with van der Waals surface area (Å²) in [7, 11) is 1.81. The maximum Gasteiger partial charge on any atom is 0.323 e. The SMILES string of the molecule is CCCCCc1ccc(-c2cc3ccc(OC(C)(C)CC(C)(C)OC(=O)C(CC(C)(C)C)NC)cc3o2)c(CC)c1. The van der Waals surface area contributed by atoms with Crippen LogP contribution in [0.4, 0.5) is 0 Å². The van der Waals surface area contributed by atoms with Crippen molar-refractivity contribution in [2.45, 2.75) is 125 Å². The van der Waals surface area contributed by atoms with Crippen molar-refractivity contribution >= 4 is 16.9 Å². The third-order valence-electron chi connectivity index (χ3n) is 7.45. The van der Waals surface area contributed by atoms with Crippen molar-refractivity contribution in [1.82, 2.24) is 5.32 Å². The Balaban J connectivity index is 1.73. The first-order valence-corrected chi connectivity index (χ1v) is 15.4. The Kier molecular flexibility index (Phi) is 10.7. The number of rotatable bonds is 14. The quantitative estimate of drug-likeness (QED) is 0.156. The highest BCUT2D eigenvalue weighted by atomic mass is 16.6. The second-order valence-electron chi connectivity index (χ2n) is 13.9. The van der Waals surface area contributed by atoms with Crippen molar-refractivity contribution in [1.29, 1.82) is 0 Å². The number of esters is 1. The van der Waals surface area contributed by atoms with E-state index in [1.54, 1.807) is 7.05 Å². The summed E-state index contributed by atoms with van der Waals surface area (Å²) in [5, 5.41) is 4.16. The van der Waals surface area contributed by atoms with E-state index in [-0.39, 0.29) is 17.4 Å². The molecule has 0 saturated heterocycles. The van der Waals surface area contributed by atoms with Gasteiger partial charge in [0.2, 0.25) is 0 Å². The monoisotopic (exact) mass is 563 g/mol. The summed E-state index contributed by atoms with van der Waals surface area (Å²) in [6.45, 7) is 18.8. The molecule has 0 aliphatic heterocycles. The molecule has 41 heavy (non-hydrogen) atoms. The number of nitrogens with one attached hydrogen (secondary N) is 1. The topological polar surface area (TPSA) is 60.7 Å². The van der Waals surface area contributed by atoms with E-state index < -0.39 is 11.2 Å². The third-order valence-corrected chi connectivity index (χ3v) is 7.45. The van der Waals surface area contributed by atoms with E-state index in [1.807, 2.05) is 45.9 Å². The summed E-state index contributed by atoms with van der Waals surface area (Å²) < 4.78 is 18.8. The number of carbonyl (C=O) groups is 1. The van der Waals surface area contributed by atoms with Crippen LogP contribution in [0.5, 0.6) is 5.75 Å². The lowest BCUT2D eigenvalue weighted by atomic mass is 9.87. The van der Waals surface area contributed by atoms with Gasteiger partial charge in [-0.1, -0.05) is 65.7 Å². The molecule has 1 atom stereocenters. The minimum absolute atomic E-state index is 0.0133. The van der Waals surface area contributed by atoms with E-state index in [0.717, 1.165) is 40.9 Å². The first-order valence-electron chi connectivity index (χ1n) is 15.4. The first kappa shape index (κ1) is 32.7. The Hall–Kier alpha value is -2.79. The van der Waals surface area contributed by atoms with E-state index in [4.69, 9.17) is 13.9 Å². The number of fused-ring (bicyclic) bond motifs is 1. The normalized spacial score (nSPS) is 13.4. The zero-order valence-corrected chi connectivity index (χ0v) is 27.2. The molecule has 0 aliphatic carbocycles. The van der Waals surface area contributed by atoms with E-state index in [2.05, 4.69) is 64.2 Å². The van der Waals surface area contributed by atoms with Crippen molar-refractivity contribution in [3.63, 3.8) is 0 Å². The third kappa shape index (κ3) is 9.63. The molecular formula is C36H53NO4. The summed E-state index contributed by atoms with van der Waals surface area (Å²) in [5.41, 5.74) is 3.41. The molecule has 0 amide bonds. The highest BCUT2D eigenvalue weighted by molar-refractivity contribution is 5.84. The minimum Gasteiger partial charge on any atom is -0.488 e. The van der Waals surface area contributed by atoms with Crippen LogP contribution in [0.2, 0.25) is 0 Å². The van der Waals surface area contributed by atoms with Gasteiger partial charge in [0.15, 0.2) is 0 Å². The highest BCUT2D eigenvalue weighted by Crippen LogP contribution is 2.35.